The van der Waals surface area contributed by atoms with E-state index in [9.17, 15) is 9.59 Å². The maximum atomic E-state index is 12.3. The van der Waals surface area contributed by atoms with Gasteiger partial charge in [-0.25, -0.2) is 0 Å². The third-order valence-corrected chi connectivity index (χ3v) is 4.42. The topological polar surface area (TPSA) is 43.4 Å². The number of rotatable bonds is 4. The molecule has 0 aliphatic heterocycles. The summed E-state index contributed by atoms with van der Waals surface area (Å²) in [7, 11) is 0. The van der Waals surface area contributed by atoms with Gasteiger partial charge < -0.3 is 4.74 Å². The van der Waals surface area contributed by atoms with Crippen molar-refractivity contribution in [3.63, 3.8) is 0 Å². The van der Waals surface area contributed by atoms with Crippen molar-refractivity contribution in [2.45, 2.75) is 20.0 Å². The average molecular weight is 270 g/mol. The Morgan fingerprint density at radius 3 is 2.40 bits per heavy atom. The van der Waals surface area contributed by atoms with Gasteiger partial charge in [0.15, 0.2) is 0 Å². The van der Waals surface area contributed by atoms with Crippen LogP contribution in [0.1, 0.15) is 18.9 Å². The summed E-state index contributed by atoms with van der Waals surface area (Å²) in [5, 5.41) is 0. The second-order valence-corrected chi connectivity index (χ2v) is 5.70. The minimum atomic E-state index is -0.286. The van der Waals surface area contributed by atoms with E-state index in [0.29, 0.717) is 0 Å². The molecule has 0 amide bonds. The maximum absolute atomic E-state index is 12.3. The van der Waals surface area contributed by atoms with Crippen molar-refractivity contribution in [2.24, 2.45) is 23.7 Å². The number of carbonyl (C=O) groups is 2. The lowest BCUT2D eigenvalue weighted by atomic mass is 9.81. The van der Waals surface area contributed by atoms with Gasteiger partial charge in [-0.05, 0) is 30.7 Å². The van der Waals surface area contributed by atoms with Crippen molar-refractivity contribution in [1.29, 1.82) is 0 Å². The first kappa shape index (κ1) is 13.1. The molecule has 104 valence electrons. The molecule has 3 nitrogen and oxygen atoms in total. The first-order chi connectivity index (χ1) is 9.66. The molecule has 0 heterocycles. The Balaban J connectivity index is 1.68. The highest BCUT2D eigenvalue weighted by Crippen LogP contribution is 2.48. The number of benzene rings is 1. The smallest absolute Gasteiger partial charge is 0.310 e. The van der Waals surface area contributed by atoms with Crippen LogP contribution in [0.5, 0.6) is 0 Å². The molecule has 0 radical (unpaired) electrons. The molecular formula is C17H18O3. The molecular weight excluding hydrogens is 252 g/mol. The largest absolute Gasteiger partial charge is 0.461 e. The van der Waals surface area contributed by atoms with Crippen LogP contribution in [-0.4, -0.2) is 11.8 Å². The number of ether oxygens (including phenoxy) is 1. The molecule has 20 heavy (non-hydrogen) atoms. The molecule has 0 N–H and O–H groups in total. The Morgan fingerprint density at radius 2 is 1.75 bits per heavy atom. The third kappa shape index (κ3) is 2.28. The molecule has 0 spiro atoms. The van der Waals surface area contributed by atoms with Gasteiger partial charge in [0.25, 0.3) is 0 Å². The zero-order valence-corrected chi connectivity index (χ0v) is 11.5. The van der Waals surface area contributed by atoms with E-state index in [0.717, 1.165) is 12.0 Å². The second kappa shape index (κ2) is 5.23. The fraction of sp³-hybridized carbons (Fsp3) is 0.412. The summed E-state index contributed by atoms with van der Waals surface area (Å²) in [6, 6.07) is 9.62. The molecule has 4 atom stereocenters. The van der Waals surface area contributed by atoms with Crippen LogP contribution in [0.2, 0.25) is 0 Å². The molecule has 2 aliphatic rings. The number of Topliss-reactive ketones (excluding diaryl/α,β-unsaturated/α-hetero) is 1. The van der Waals surface area contributed by atoms with Gasteiger partial charge >= 0.3 is 5.97 Å². The first-order valence-electron chi connectivity index (χ1n) is 7.06. The highest BCUT2D eigenvalue weighted by atomic mass is 16.5. The maximum Gasteiger partial charge on any atom is 0.310 e. The van der Waals surface area contributed by atoms with Gasteiger partial charge in [0, 0.05) is 5.92 Å². The van der Waals surface area contributed by atoms with Crippen molar-refractivity contribution < 1.29 is 14.3 Å². The van der Waals surface area contributed by atoms with Crippen LogP contribution < -0.4 is 0 Å². The average Bonchev–Trinajstić information content (AvgIpc) is 3.06. The van der Waals surface area contributed by atoms with Crippen LogP contribution >= 0.6 is 0 Å². The molecule has 1 aromatic rings. The van der Waals surface area contributed by atoms with Gasteiger partial charge in [0.1, 0.15) is 12.4 Å². The van der Waals surface area contributed by atoms with Gasteiger partial charge in [-0.3, -0.25) is 9.59 Å². The quantitative estimate of drug-likeness (QED) is 0.624. The molecule has 1 saturated carbocycles. The number of carbonyl (C=O) groups excluding carboxylic acids is 2. The summed E-state index contributed by atoms with van der Waals surface area (Å²) in [5.74, 6) is -0.196. The van der Waals surface area contributed by atoms with E-state index < -0.39 is 0 Å². The molecule has 0 unspecified atom stereocenters. The molecule has 1 aromatic carbocycles. The van der Waals surface area contributed by atoms with E-state index in [2.05, 4.69) is 12.2 Å². The lowest BCUT2D eigenvalue weighted by Gasteiger charge is -2.24. The Bertz CT molecular complexity index is 547. The Hall–Kier alpha value is -1.90. The molecule has 2 aliphatic carbocycles. The normalized spacial score (nSPS) is 30.4. The monoisotopic (exact) mass is 270 g/mol. The molecule has 2 bridgehead atoms. The Kier molecular flexibility index (Phi) is 3.43. The number of hydrogen-bond acceptors (Lipinski definition) is 3. The van der Waals surface area contributed by atoms with Crippen LogP contribution in [0.4, 0.5) is 0 Å². The second-order valence-electron chi connectivity index (χ2n) is 5.70. The highest BCUT2D eigenvalue weighted by Gasteiger charge is 2.50. The van der Waals surface area contributed by atoms with E-state index in [1.807, 2.05) is 30.3 Å². The number of fused-ring (bicyclic) bond motifs is 2. The number of hydrogen-bond donors (Lipinski definition) is 0. The predicted molar refractivity (Wildman–Crippen MR) is 74.6 cm³/mol. The highest BCUT2D eigenvalue weighted by molar-refractivity contribution is 5.87. The summed E-state index contributed by atoms with van der Waals surface area (Å²) in [4.78, 5) is 24.1. The molecule has 3 rings (SSSR count). The van der Waals surface area contributed by atoms with Gasteiger partial charge in [-0.1, -0.05) is 42.5 Å². The minimum Gasteiger partial charge on any atom is -0.461 e. The van der Waals surface area contributed by atoms with Crippen LogP contribution in [0.3, 0.4) is 0 Å². The third-order valence-electron chi connectivity index (χ3n) is 4.42. The van der Waals surface area contributed by atoms with Gasteiger partial charge in [0.05, 0.1) is 5.92 Å². The molecule has 0 aromatic heterocycles. The standard InChI is InChI=1S/C17H18O3/c1-11(18)15-13-7-8-14(9-13)16(15)17(19)20-10-12-5-3-2-4-6-12/h2-8,13-16H,9-10H2,1H3/t13-,14+,15+,16+/m0/s1. The predicted octanol–water partition coefficient (Wildman–Crippen LogP) is 2.76. The van der Waals surface area contributed by atoms with Crippen molar-refractivity contribution in [3.05, 3.63) is 48.0 Å². The van der Waals surface area contributed by atoms with Crippen LogP contribution in [-0.2, 0) is 20.9 Å². The Labute approximate surface area is 118 Å². The van der Waals surface area contributed by atoms with Crippen molar-refractivity contribution in [3.8, 4) is 0 Å². The Morgan fingerprint density at radius 1 is 1.10 bits per heavy atom. The van der Waals surface area contributed by atoms with E-state index in [-0.39, 0.29) is 42.0 Å². The number of esters is 1. The summed E-state index contributed by atoms with van der Waals surface area (Å²) in [5.41, 5.74) is 0.971. The van der Waals surface area contributed by atoms with Gasteiger partial charge in [-0.2, -0.15) is 0 Å². The minimum absolute atomic E-state index is 0.100. The van der Waals surface area contributed by atoms with E-state index in [1.165, 1.54) is 0 Å². The van der Waals surface area contributed by atoms with Crippen LogP contribution in [0, 0.1) is 23.7 Å². The van der Waals surface area contributed by atoms with E-state index >= 15 is 0 Å². The van der Waals surface area contributed by atoms with Crippen LogP contribution in [0.25, 0.3) is 0 Å². The van der Waals surface area contributed by atoms with E-state index in [4.69, 9.17) is 4.74 Å². The number of allylic oxidation sites excluding steroid dienone is 2. The fourth-order valence-electron chi connectivity index (χ4n) is 3.52. The summed E-state index contributed by atoms with van der Waals surface area (Å²) in [6.45, 7) is 1.86. The van der Waals surface area contributed by atoms with Gasteiger partial charge in [-0.15, -0.1) is 0 Å². The van der Waals surface area contributed by atoms with Crippen LogP contribution in [0.15, 0.2) is 42.5 Å². The van der Waals surface area contributed by atoms with Crippen molar-refractivity contribution in [2.75, 3.05) is 0 Å². The lowest BCUT2D eigenvalue weighted by Crippen LogP contribution is -2.33. The van der Waals surface area contributed by atoms with E-state index in [1.54, 1.807) is 6.92 Å². The summed E-state index contributed by atoms with van der Waals surface area (Å²) < 4.78 is 5.42. The zero-order chi connectivity index (χ0) is 14.1. The lowest BCUT2D eigenvalue weighted by molar-refractivity contribution is -0.154. The van der Waals surface area contributed by atoms with Crippen molar-refractivity contribution in [1.82, 2.24) is 0 Å². The molecule has 3 heteroatoms. The molecule has 0 saturated heterocycles. The molecule has 1 fully saturated rings. The first-order valence-corrected chi connectivity index (χ1v) is 7.06. The summed E-state index contributed by atoms with van der Waals surface area (Å²) in [6.07, 6.45) is 5.06. The summed E-state index contributed by atoms with van der Waals surface area (Å²) >= 11 is 0. The van der Waals surface area contributed by atoms with Gasteiger partial charge in [0.2, 0.25) is 0 Å². The SMILES string of the molecule is CC(=O)[C@H]1[C@H](C(=O)OCc2ccccc2)[C@@H]2C=C[C@H]1C2. The fourth-order valence-corrected chi connectivity index (χ4v) is 3.52. The zero-order valence-electron chi connectivity index (χ0n) is 11.5. The van der Waals surface area contributed by atoms with Crippen molar-refractivity contribution >= 4 is 11.8 Å². The number of ketones is 1.